The lowest BCUT2D eigenvalue weighted by Gasteiger charge is -2.45. The quantitative estimate of drug-likeness (QED) is 0.789. The average molecular weight is 389 g/mol. The van der Waals surface area contributed by atoms with E-state index in [9.17, 15) is 10.1 Å². The molecule has 1 saturated heterocycles. The van der Waals surface area contributed by atoms with E-state index >= 15 is 0 Å². The summed E-state index contributed by atoms with van der Waals surface area (Å²) < 4.78 is 11.9. The van der Waals surface area contributed by atoms with Gasteiger partial charge in [0.25, 0.3) is 5.91 Å². The SMILES string of the molecule is CN1C(=O)[C@]2(N=C1N)c1cc(-c3cncc(C#N)c3)ccc1OC1CCOC[C@@H]12. The van der Waals surface area contributed by atoms with Gasteiger partial charge in [0.05, 0.1) is 24.7 Å². The number of hydrogen-bond donors (Lipinski definition) is 1. The van der Waals surface area contributed by atoms with E-state index in [1.54, 1.807) is 19.3 Å². The maximum absolute atomic E-state index is 13.4. The lowest BCUT2D eigenvalue weighted by molar-refractivity contribution is -0.141. The molecule has 3 aliphatic rings. The fourth-order valence-corrected chi connectivity index (χ4v) is 4.46. The highest BCUT2D eigenvalue weighted by atomic mass is 16.5. The van der Waals surface area contributed by atoms with Crippen LogP contribution in [-0.4, -0.2) is 48.1 Å². The fourth-order valence-electron chi connectivity index (χ4n) is 4.46. The summed E-state index contributed by atoms with van der Waals surface area (Å²) in [5, 5.41) is 9.19. The Balaban J connectivity index is 1.72. The Bertz CT molecular complexity index is 1090. The van der Waals surface area contributed by atoms with Gasteiger partial charge in [-0.1, -0.05) is 6.07 Å². The molecule has 1 amide bonds. The van der Waals surface area contributed by atoms with Crippen LogP contribution < -0.4 is 10.5 Å². The molecule has 2 N–H and O–H groups in total. The first kappa shape index (κ1) is 17.6. The third-order valence-electron chi connectivity index (χ3n) is 5.96. The van der Waals surface area contributed by atoms with Gasteiger partial charge in [-0.2, -0.15) is 5.26 Å². The van der Waals surface area contributed by atoms with Crippen LogP contribution in [-0.2, 0) is 15.1 Å². The normalized spacial score (nSPS) is 27.7. The minimum Gasteiger partial charge on any atom is -0.489 e. The number of fused-ring (bicyclic) bond motifs is 4. The third kappa shape index (κ3) is 2.44. The lowest BCUT2D eigenvalue weighted by Crippen LogP contribution is -2.56. The van der Waals surface area contributed by atoms with Gasteiger partial charge >= 0.3 is 0 Å². The summed E-state index contributed by atoms with van der Waals surface area (Å²) in [6.07, 6.45) is 3.72. The highest BCUT2D eigenvalue weighted by Crippen LogP contribution is 2.51. The molecule has 5 rings (SSSR count). The predicted molar refractivity (Wildman–Crippen MR) is 104 cm³/mol. The Hall–Kier alpha value is -3.44. The number of amides is 1. The number of aliphatic imine (C=N–C) groups is 1. The first-order valence-electron chi connectivity index (χ1n) is 9.42. The number of carbonyl (C=O) groups is 1. The van der Waals surface area contributed by atoms with Gasteiger partial charge in [0.1, 0.15) is 17.9 Å². The first-order valence-corrected chi connectivity index (χ1v) is 9.42. The van der Waals surface area contributed by atoms with E-state index in [0.717, 1.165) is 11.1 Å². The van der Waals surface area contributed by atoms with Crippen molar-refractivity contribution in [2.75, 3.05) is 20.3 Å². The van der Waals surface area contributed by atoms with Crippen LogP contribution in [0.5, 0.6) is 5.75 Å². The molecule has 4 heterocycles. The minimum atomic E-state index is -1.17. The number of likely N-dealkylation sites (N-methyl/N-ethyl adjacent to an activating group) is 1. The molecule has 0 saturated carbocycles. The lowest BCUT2D eigenvalue weighted by atomic mass is 9.71. The second kappa shape index (κ2) is 6.29. The molecule has 1 aromatic heterocycles. The van der Waals surface area contributed by atoms with Crippen LogP contribution in [0, 0.1) is 17.2 Å². The highest BCUT2D eigenvalue weighted by molar-refractivity contribution is 6.07. The van der Waals surface area contributed by atoms with Crippen molar-refractivity contribution >= 4 is 11.9 Å². The number of nitrogens with two attached hydrogens (primary N) is 1. The number of carbonyl (C=O) groups excluding carboxylic acids is 1. The molecule has 3 atom stereocenters. The summed E-state index contributed by atoms with van der Waals surface area (Å²) in [5.74, 6) is 0.367. The standard InChI is InChI=1S/C21H19N5O3/c1-26-19(27)21(25-20(26)23)15-7-13(14-6-12(8-22)9-24-10-14)2-3-17(15)29-18-4-5-28-11-16(18)21/h2-3,6-7,9-10,16,18H,4-5,11H2,1H3,(H2,23,25)/t16-,18?,21-/m0/s1. The van der Waals surface area contributed by atoms with Crippen LogP contribution in [0.25, 0.3) is 11.1 Å². The van der Waals surface area contributed by atoms with E-state index in [4.69, 9.17) is 15.2 Å². The topological polar surface area (TPSA) is 114 Å². The van der Waals surface area contributed by atoms with Crippen molar-refractivity contribution < 1.29 is 14.3 Å². The second-order valence-corrected chi connectivity index (χ2v) is 7.51. The van der Waals surface area contributed by atoms with Gasteiger partial charge < -0.3 is 15.2 Å². The van der Waals surface area contributed by atoms with Gasteiger partial charge in [0.2, 0.25) is 0 Å². The molecular weight excluding hydrogens is 370 g/mol. The van der Waals surface area contributed by atoms with Crippen molar-refractivity contribution in [3.05, 3.63) is 47.8 Å². The summed E-state index contributed by atoms with van der Waals surface area (Å²) in [6, 6.07) is 9.52. The zero-order chi connectivity index (χ0) is 20.2. The van der Waals surface area contributed by atoms with Crippen LogP contribution in [0.3, 0.4) is 0 Å². The van der Waals surface area contributed by atoms with Crippen LogP contribution in [0.4, 0.5) is 0 Å². The molecule has 29 heavy (non-hydrogen) atoms. The Kier molecular flexibility index (Phi) is 3.83. The van der Waals surface area contributed by atoms with Crippen molar-refractivity contribution in [3.8, 4) is 22.9 Å². The molecule has 146 valence electrons. The van der Waals surface area contributed by atoms with E-state index in [-0.39, 0.29) is 23.9 Å². The summed E-state index contributed by atoms with van der Waals surface area (Å²) in [5.41, 5.74) is 7.63. The molecular formula is C21H19N5O3. The molecule has 1 spiro atoms. The van der Waals surface area contributed by atoms with Gasteiger partial charge in [-0.15, -0.1) is 0 Å². The number of aromatic nitrogens is 1. The minimum absolute atomic E-state index is 0.169. The number of rotatable bonds is 1. The van der Waals surface area contributed by atoms with Crippen molar-refractivity contribution in [2.24, 2.45) is 16.6 Å². The summed E-state index contributed by atoms with van der Waals surface area (Å²) in [6.45, 7) is 0.955. The van der Waals surface area contributed by atoms with Gasteiger partial charge in [0, 0.05) is 37.0 Å². The number of nitrogens with zero attached hydrogens (tertiary/aromatic N) is 4. The number of guanidine groups is 1. The Labute approximate surface area is 167 Å². The molecule has 0 radical (unpaired) electrons. The van der Waals surface area contributed by atoms with E-state index in [0.29, 0.717) is 36.5 Å². The van der Waals surface area contributed by atoms with E-state index < -0.39 is 5.54 Å². The van der Waals surface area contributed by atoms with Crippen LogP contribution >= 0.6 is 0 Å². The number of benzene rings is 1. The van der Waals surface area contributed by atoms with E-state index in [2.05, 4.69) is 16.0 Å². The molecule has 1 fully saturated rings. The van der Waals surface area contributed by atoms with Gasteiger partial charge in [-0.3, -0.25) is 14.7 Å². The monoisotopic (exact) mass is 389 g/mol. The number of pyridine rings is 1. The summed E-state index contributed by atoms with van der Waals surface area (Å²) in [4.78, 5) is 23.6. The summed E-state index contributed by atoms with van der Waals surface area (Å²) in [7, 11) is 1.63. The molecule has 1 aromatic carbocycles. The van der Waals surface area contributed by atoms with Crippen molar-refractivity contribution in [1.82, 2.24) is 9.88 Å². The van der Waals surface area contributed by atoms with E-state index in [1.165, 1.54) is 11.1 Å². The Morgan fingerprint density at radius 3 is 2.93 bits per heavy atom. The smallest absolute Gasteiger partial charge is 0.262 e. The molecule has 0 bridgehead atoms. The molecule has 2 aromatic rings. The van der Waals surface area contributed by atoms with Crippen molar-refractivity contribution in [1.29, 1.82) is 5.26 Å². The van der Waals surface area contributed by atoms with Crippen molar-refractivity contribution in [3.63, 3.8) is 0 Å². The Morgan fingerprint density at radius 2 is 2.17 bits per heavy atom. The first-order chi connectivity index (χ1) is 14.0. The molecule has 3 aliphatic heterocycles. The molecule has 8 nitrogen and oxygen atoms in total. The zero-order valence-corrected chi connectivity index (χ0v) is 15.8. The highest BCUT2D eigenvalue weighted by Gasteiger charge is 2.60. The number of hydrogen-bond acceptors (Lipinski definition) is 7. The Morgan fingerprint density at radius 1 is 1.31 bits per heavy atom. The zero-order valence-electron chi connectivity index (χ0n) is 15.8. The number of nitriles is 1. The number of ether oxygens (including phenoxy) is 2. The maximum Gasteiger partial charge on any atom is 0.262 e. The third-order valence-corrected chi connectivity index (χ3v) is 5.96. The van der Waals surface area contributed by atoms with E-state index in [1.807, 2.05) is 18.2 Å². The maximum atomic E-state index is 13.4. The van der Waals surface area contributed by atoms with Crippen LogP contribution in [0.2, 0.25) is 0 Å². The van der Waals surface area contributed by atoms with Crippen LogP contribution in [0.1, 0.15) is 17.5 Å². The summed E-state index contributed by atoms with van der Waals surface area (Å²) >= 11 is 0. The van der Waals surface area contributed by atoms with Gasteiger partial charge in [-0.05, 0) is 23.8 Å². The largest absolute Gasteiger partial charge is 0.489 e. The van der Waals surface area contributed by atoms with Crippen molar-refractivity contribution in [2.45, 2.75) is 18.1 Å². The second-order valence-electron chi connectivity index (χ2n) is 7.51. The van der Waals surface area contributed by atoms with Crippen LogP contribution in [0.15, 0.2) is 41.7 Å². The average Bonchev–Trinajstić information content (AvgIpc) is 2.98. The molecule has 8 heteroatoms. The van der Waals surface area contributed by atoms with Gasteiger partial charge in [-0.25, -0.2) is 4.99 Å². The fraction of sp³-hybridized carbons (Fsp3) is 0.333. The molecule has 0 aliphatic carbocycles. The predicted octanol–water partition coefficient (Wildman–Crippen LogP) is 1.40. The molecule has 1 unspecified atom stereocenters. The van der Waals surface area contributed by atoms with Gasteiger partial charge in [0.15, 0.2) is 11.5 Å².